The molecule has 176 valence electrons. The van der Waals surface area contributed by atoms with Gasteiger partial charge < -0.3 is 9.15 Å². The van der Waals surface area contributed by atoms with Crippen molar-refractivity contribution in [3.63, 3.8) is 0 Å². The van der Waals surface area contributed by atoms with Crippen molar-refractivity contribution in [2.75, 3.05) is 0 Å². The lowest BCUT2D eigenvalue weighted by molar-refractivity contribution is -0.157. The Labute approximate surface area is 201 Å². The highest BCUT2D eigenvalue weighted by Crippen LogP contribution is 2.63. The van der Waals surface area contributed by atoms with Gasteiger partial charge in [0, 0.05) is 0 Å². The number of rotatable bonds is 7. The van der Waals surface area contributed by atoms with Gasteiger partial charge in [0.2, 0.25) is 5.91 Å². The van der Waals surface area contributed by atoms with Gasteiger partial charge in [-0.25, -0.2) is 5.43 Å². The molecule has 0 radical (unpaired) electrons. The maximum Gasteiger partial charge on any atom is 0.246 e. The van der Waals surface area contributed by atoms with E-state index in [-0.39, 0.29) is 18.1 Å². The van der Waals surface area contributed by atoms with Crippen LogP contribution in [0, 0.1) is 17.3 Å². The van der Waals surface area contributed by atoms with E-state index >= 15 is 0 Å². The molecule has 2 aromatic heterocycles. The normalized spacial score (nSPS) is 29.6. The van der Waals surface area contributed by atoms with E-state index in [1.807, 2.05) is 18.2 Å². The van der Waals surface area contributed by atoms with Gasteiger partial charge in [-0.3, -0.25) is 4.79 Å². The van der Waals surface area contributed by atoms with Crippen LogP contribution in [0.4, 0.5) is 0 Å². The summed E-state index contributed by atoms with van der Waals surface area (Å²) in [7, 11) is 0. The zero-order chi connectivity index (χ0) is 23.2. The summed E-state index contributed by atoms with van der Waals surface area (Å²) in [5, 5.41) is 17.2. The summed E-state index contributed by atoms with van der Waals surface area (Å²) in [5.74, 6) is 2.75. The van der Waals surface area contributed by atoms with E-state index in [1.165, 1.54) is 19.0 Å². The van der Waals surface area contributed by atoms with Crippen LogP contribution in [0.5, 0.6) is 5.75 Å². The van der Waals surface area contributed by atoms with Crippen LogP contribution in [0.25, 0.3) is 0 Å². The molecule has 2 heterocycles. The number of carbonyl (C=O) groups excluding carboxylic acids is 1. The number of hydrogen-bond donors (Lipinski definition) is 1. The minimum absolute atomic E-state index is 0.0313. The number of aromatic nitrogens is 4. The lowest BCUT2D eigenvalue weighted by atomic mass is 9.46. The van der Waals surface area contributed by atoms with Gasteiger partial charge >= 0.3 is 0 Å². The molecule has 1 amide bonds. The molecule has 0 saturated heterocycles. The first-order valence-electron chi connectivity index (χ1n) is 11.6. The molecule has 4 atom stereocenters. The number of tetrazole rings is 1. The first kappa shape index (κ1) is 21.3. The predicted molar refractivity (Wildman–Crippen MR) is 123 cm³/mol. The standard InChI is InChI=1S/C24H25ClN6O3/c25-20-3-1-2-4-21(20)33-13-19-6-5-18(34-19)12-26-29-22(32)23-8-16-7-17(9-23)11-24(10-16,14-23)31-28-15-27-30-31/h1-6,12,15-17H,7-11,13-14H2,(H,29,32)/b26-12+/t16-,17+,23?,24?. The molecule has 4 bridgehead atoms. The fourth-order valence-electron chi connectivity index (χ4n) is 6.62. The van der Waals surface area contributed by atoms with Gasteiger partial charge in [-0.05, 0) is 79.8 Å². The first-order chi connectivity index (χ1) is 16.5. The summed E-state index contributed by atoms with van der Waals surface area (Å²) in [6, 6.07) is 10.9. The molecule has 4 fully saturated rings. The maximum atomic E-state index is 13.3. The summed E-state index contributed by atoms with van der Waals surface area (Å²) < 4.78 is 11.4. The molecular formula is C24H25ClN6O3. The van der Waals surface area contributed by atoms with E-state index in [0.29, 0.717) is 34.1 Å². The van der Waals surface area contributed by atoms with Crippen molar-refractivity contribution < 1.29 is 13.9 Å². The van der Waals surface area contributed by atoms with Crippen LogP contribution in [-0.2, 0) is 16.9 Å². The van der Waals surface area contributed by atoms with Crippen molar-refractivity contribution >= 4 is 23.7 Å². The smallest absolute Gasteiger partial charge is 0.246 e. The molecule has 1 N–H and O–H groups in total. The molecule has 9 nitrogen and oxygen atoms in total. The lowest BCUT2D eigenvalue weighted by Gasteiger charge is -2.60. The third-order valence-electron chi connectivity index (χ3n) is 7.53. The number of hydrogen-bond acceptors (Lipinski definition) is 7. The van der Waals surface area contributed by atoms with Crippen LogP contribution in [0.1, 0.15) is 50.0 Å². The molecule has 7 rings (SSSR count). The largest absolute Gasteiger partial charge is 0.484 e. The molecule has 0 aliphatic heterocycles. The number of para-hydroxylation sites is 1. The molecule has 4 aliphatic rings. The summed E-state index contributed by atoms with van der Waals surface area (Å²) >= 11 is 6.12. The average molecular weight is 481 g/mol. The van der Waals surface area contributed by atoms with Crippen LogP contribution in [-0.4, -0.2) is 32.3 Å². The molecule has 10 heteroatoms. The Balaban J connectivity index is 1.10. The molecule has 1 aromatic carbocycles. The Hall–Kier alpha value is -3.20. The molecular weight excluding hydrogens is 456 g/mol. The fraction of sp³-hybridized carbons (Fsp3) is 0.458. The van der Waals surface area contributed by atoms with Crippen LogP contribution in [0.2, 0.25) is 5.02 Å². The number of carbonyl (C=O) groups is 1. The topological polar surface area (TPSA) is 107 Å². The maximum absolute atomic E-state index is 13.3. The Morgan fingerprint density at radius 1 is 1.24 bits per heavy atom. The third-order valence-corrected chi connectivity index (χ3v) is 7.84. The van der Waals surface area contributed by atoms with E-state index in [4.69, 9.17) is 20.8 Å². The number of amides is 1. The minimum Gasteiger partial charge on any atom is -0.484 e. The predicted octanol–water partition coefficient (Wildman–Crippen LogP) is 3.94. The van der Waals surface area contributed by atoms with Crippen LogP contribution < -0.4 is 10.2 Å². The van der Waals surface area contributed by atoms with E-state index < -0.39 is 5.41 Å². The van der Waals surface area contributed by atoms with Crippen molar-refractivity contribution in [1.29, 1.82) is 0 Å². The van der Waals surface area contributed by atoms with Crippen molar-refractivity contribution in [3.8, 4) is 5.75 Å². The van der Waals surface area contributed by atoms with Gasteiger partial charge in [-0.1, -0.05) is 23.7 Å². The van der Waals surface area contributed by atoms with Gasteiger partial charge in [0.05, 0.1) is 22.2 Å². The lowest BCUT2D eigenvalue weighted by Crippen LogP contribution is -2.61. The molecule has 0 spiro atoms. The van der Waals surface area contributed by atoms with Crippen LogP contribution in [0.3, 0.4) is 0 Å². The highest BCUT2D eigenvalue weighted by molar-refractivity contribution is 6.32. The molecule has 34 heavy (non-hydrogen) atoms. The van der Waals surface area contributed by atoms with Gasteiger partial charge in [0.15, 0.2) is 6.33 Å². The van der Waals surface area contributed by atoms with Gasteiger partial charge in [-0.15, -0.1) is 10.2 Å². The number of nitrogens with one attached hydrogen (secondary N) is 1. The zero-order valence-electron chi connectivity index (χ0n) is 18.6. The second-order valence-corrected chi connectivity index (χ2v) is 10.3. The van der Waals surface area contributed by atoms with Crippen molar-refractivity contribution in [3.05, 3.63) is 59.3 Å². The highest BCUT2D eigenvalue weighted by Gasteiger charge is 2.62. The number of ether oxygens (including phenoxy) is 1. The quantitative estimate of drug-likeness (QED) is 0.405. The Kier molecular flexibility index (Phi) is 5.17. The fourth-order valence-corrected chi connectivity index (χ4v) is 6.81. The second kappa shape index (κ2) is 8.23. The summed E-state index contributed by atoms with van der Waals surface area (Å²) in [6.07, 6.45) is 8.73. The van der Waals surface area contributed by atoms with Gasteiger partial charge in [0.25, 0.3) is 0 Å². The van der Waals surface area contributed by atoms with E-state index in [2.05, 4.69) is 25.9 Å². The van der Waals surface area contributed by atoms with Gasteiger partial charge in [0.1, 0.15) is 23.9 Å². The van der Waals surface area contributed by atoms with Crippen molar-refractivity contribution in [1.82, 2.24) is 25.6 Å². The molecule has 3 aromatic rings. The summed E-state index contributed by atoms with van der Waals surface area (Å²) in [4.78, 5) is 15.1. The SMILES string of the molecule is O=C(N/N=C/c1ccc(COc2ccccc2Cl)o1)C12C[C@H]3C[C@@H](C1)CC(n1ncnn1)(C3)C2. The Morgan fingerprint density at radius 2 is 2.06 bits per heavy atom. The third kappa shape index (κ3) is 3.77. The minimum atomic E-state index is -0.438. The average Bonchev–Trinajstić information content (AvgIpc) is 3.51. The molecule has 4 saturated carbocycles. The van der Waals surface area contributed by atoms with E-state index in [1.54, 1.807) is 23.0 Å². The second-order valence-electron chi connectivity index (χ2n) is 9.91. The van der Waals surface area contributed by atoms with Gasteiger partial charge in [-0.2, -0.15) is 9.90 Å². The molecule has 4 aliphatic carbocycles. The number of halogens is 1. The van der Waals surface area contributed by atoms with Crippen molar-refractivity contribution in [2.24, 2.45) is 22.4 Å². The number of nitrogens with zero attached hydrogens (tertiary/aromatic N) is 5. The van der Waals surface area contributed by atoms with Crippen LogP contribution in [0.15, 0.2) is 52.2 Å². The highest BCUT2D eigenvalue weighted by atomic mass is 35.5. The summed E-state index contributed by atoms with van der Waals surface area (Å²) in [5.41, 5.74) is 2.13. The summed E-state index contributed by atoms with van der Waals surface area (Å²) in [6.45, 7) is 0.244. The van der Waals surface area contributed by atoms with Crippen LogP contribution >= 0.6 is 11.6 Å². The number of hydrazone groups is 1. The monoisotopic (exact) mass is 480 g/mol. The Bertz CT molecular complexity index is 1210. The molecule has 2 unspecified atom stereocenters. The Morgan fingerprint density at radius 3 is 2.82 bits per heavy atom. The van der Waals surface area contributed by atoms with E-state index in [0.717, 1.165) is 32.1 Å². The first-order valence-corrected chi connectivity index (χ1v) is 11.9. The van der Waals surface area contributed by atoms with Crippen molar-refractivity contribution in [2.45, 2.75) is 50.7 Å². The van der Waals surface area contributed by atoms with E-state index in [9.17, 15) is 4.79 Å². The zero-order valence-corrected chi connectivity index (χ0v) is 19.3. The number of furan rings is 1. The number of benzene rings is 1.